The number of halogens is 1. The minimum Gasteiger partial charge on any atom is -0.324 e. The lowest BCUT2D eigenvalue weighted by Gasteiger charge is -2.12. The van der Waals surface area contributed by atoms with E-state index in [0.29, 0.717) is 0 Å². The molecule has 0 saturated heterocycles. The van der Waals surface area contributed by atoms with Gasteiger partial charge in [-0.3, -0.25) is 4.98 Å². The van der Waals surface area contributed by atoms with Crippen LogP contribution in [0.5, 0.6) is 0 Å². The Hall–Kier alpha value is -1.42. The predicted octanol–water partition coefficient (Wildman–Crippen LogP) is 4.19. The van der Waals surface area contributed by atoms with E-state index in [4.69, 9.17) is 17.3 Å². The number of hydrogen-bond donors (Lipinski definition) is 1. The molecule has 0 fully saturated rings. The molecule has 0 aliphatic rings. The Morgan fingerprint density at radius 3 is 3.00 bits per heavy atom. The van der Waals surface area contributed by atoms with Gasteiger partial charge in [0.2, 0.25) is 0 Å². The summed E-state index contributed by atoms with van der Waals surface area (Å²) in [7, 11) is 0. The normalized spacial score (nSPS) is 12.7. The fourth-order valence-electron chi connectivity index (χ4n) is 2.10. The van der Waals surface area contributed by atoms with Crippen molar-refractivity contribution in [2.75, 3.05) is 0 Å². The topological polar surface area (TPSA) is 38.9 Å². The lowest BCUT2D eigenvalue weighted by atomic mass is 10.0. The third kappa shape index (κ3) is 2.78. The highest BCUT2D eigenvalue weighted by Gasteiger charge is 2.09. The second-order valence-electron chi connectivity index (χ2n) is 4.51. The molecule has 2 aromatic heterocycles. The third-order valence-electron chi connectivity index (χ3n) is 3.10. The Morgan fingerprint density at radius 2 is 2.16 bits per heavy atom. The SMILES string of the molecule is NC(Cc1cccc(Cl)c1)c1cnc2ccsc2c1. The fraction of sp³-hybridized carbons (Fsp3) is 0.133. The van der Waals surface area contributed by atoms with Crippen molar-refractivity contribution in [1.82, 2.24) is 4.98 Å². The Bertz CT molecular complexity index is 708. The Kier molecular flexibility index (Phi) is 3.51. The summed E-state index contributed by atoms with van der Waals surface area (Å²) in [4.78, 5) is 4.43. The van der Waals surface area contributed by atoms with Crippen molar-refractivity contribution in [3.8, 4) is 0 Å². The summed E-state index contributed by atoms with van der Waals surface area (Å²) in [6.07, 6.45) is 2.63. The molecule has 3 aromatic rings. The summed E-state index contributed by atoms with van der Waals surface area (Å²) in [5, 5.41) is 2.79. The molecule has 0 aliphatic carbocycles. The number of rotatable bonds is 3. The molecule has 1 atom stereocenters. The minimum atomic E-state index is -0.0579. The number of nitrogens with two attached hydrogens (primary N) is 1. The fourth-order valence-corrected chi connectivity index (χ4v) is 3.10. The van der Waals surface area contributed by atoms with Gasteiger partial charge in [-0.1, -0.05) is 23.7 Å². The van der Waals surface area contributed by atoms with Crippen LogP contribution < -0.4 is 5.73 Å². The molecule has 1 unspecified atom stereocenters. The number of aromatic nitrogens is 1. The summed E-state index contributed by atoms with van der Waals surface area (Å²) in [6, 6.07) is 11.9. The van der Waals surface area contributed by atoms with Crippen LogP contribution in [0.2, 0.25) is 5.02 Å². The molecule has 96 valence electrons. The van der Waals surface area contributed by atoms with E-state index < -0.39 is 0 Å². The van der Waals surface area contributed by atoms with Crippen LogP contribution in [-0.4, -0.2) is 4.98 Å². The van der Waals surface area contributed by atoms with Crippen LogP contribution in [-0.2, 0) is 6.42 Å². The average Bonchev–Trinajstić information content (AvgIpc) is 2.85. The van der Waals surface area contributed by atoms with E-state index in [1.54, 1.807) is 11.3 Å². The summed E-state index contributed by atoms with van der Waals surface area (Å²) >= 11 is 7.67. The van der Waals surface area contributed by atoms with Crippen LogP contribution in [0.4, 0.5) is 0 Å². The highest BCUT2D eigenvalue weighted by Crippen LogP contribution is 2.24. The maximum absolute atomic E-state index is 6.26. The van der Waals surface area contributed by atoms with Gasteiger partial charge in [-0.2, -0.15) is 0 Å². The molecule has 4 heteroatoms. The Labute approximate surface area is 120 Å². The maximum atomic E-state index is 6.26. The van der Waals surface area contributed by atoms with Gasteiger partial charge in [0.25, 0.3) is 0 Å². The zero-order chi connectivity index (χ0) is 13.2. The van der Waals surface area contributed by atoms with Crippen LogP contribution in [0.15, 0.2) is 48.0 Å². The molecule has 0 radical (unpaired) electrons. The van der Waals surface area contributed by atoms with Gasteiger partial charge < -0.3 is 5.73 Å². The molecule has 2 heterocycles. The van der Waals surface area contributed by atoms with Crippen LogP contribution in [0.25, 0.3) is 10.2 Å². The monoisotopic (exact) mass is 288 g/mol. The minimum absolute atomic E-state index is 0.0579. The molecule has 19 heavy (non-hydrogen) atoms. The van der Waals surface area contributed by atoms with Crippen molar-refractivity contribution < 1.29 is 0 Å². The first kappa shape index (κ1) is 12.6. The van der Waals surface area contributed by atoms with Crippen molar-refractivity contribution in [3.63, 3.8) is 0 Å². The van der Waals surface area contributed by atoms with Crippen molar-refractivity contribution in [2.45, 2.75) is 12.5 Å². The van der Waals surface area contributed by atoms with E-state index in [9.17, 15) is 0 Å². The summed E-state index contributed by atoms with van der Waals surface area (Å²) in [6.45, 7) is 0. The van der Waals surface area contributed by atoms with Gasteiger partial charge in [-0.25, -0.2) is 0 Å². The summed E-state index contributed by atoms with van der Waals surface area (Å²) in [5.74, 6) is 0. The highest BCUT2D eigenvalue weighted by atomic mass is 35.5. The molecular formula is C15H13ClN2S. The molecule has 1 aromatic carbocycles. The molecule has 2 N–H and O–H groups in total. The zero-order valence-electron chi connectivity index (χ0n) is 10.2. The van der Waals surface area contributed by atoms with Gasteiger partial charge in [0.1, 0.15) is 0 Å². The van der Waals surface area contributed by atoms with Gasteiger partial charge in [-0.05, 0) is 47.2 Å². The van der Waals surface area contributed by atoms with E-state index >= 15 is 0 Å². The lowest BCUT2D eigenvalue weighted by molar-refractivity contribution is 0.720. The van der Waals surface area contributed by atoms with Crippen molar-refractivity contribution in [2.24, 2.45) is 5.73 Å². The second kappa shape index (κ2) is 5.29. The lowest BCUT2D eigenvalue weighted by Crippen LogP contribution is -2.13. The van der Waals surface area contributed by atoms with E-state index in [-0.39, 0.29) is 6.04 Å². The molecule has 0 amide bonds. The van der Waals surface area contributed by atoms with Gasteiger partial charge in [0.05, 0.1) is 10.2 Å². The second-order valence-corrected chi connectivity index (χ2v) is 5.90. The Morgan fingerprint density at radius 1 is 1.26 bits per heavy atom. The molecule has 0 spiro atoms. The van der Waals surface area contributed by atoms with Crippen LogP contribution in [0.1, 0.15) is 17.2 Å². The first-order valence-electron chi connectivity index (χ1n) is 6.05. The molecule has 0 aliphatic heterocycles. The summed E-state index contributed by atoms with van der Waals surface area (Å²) < 4.78 is 1.18. The third-order valence-corrected chi connectivity index (χ3v) is 4.18. The van der Waals surface area contributed by atoms with E-state index in [1.165, 1.54) is 4.70 Å². The molecular weight excluding hydrogens is 276 g/mol. The van der Waals surface area contributed by atoms with Crippen LogP contribution >= 0.6 is 22.9 Å². The van der Waals surface area contributed by atoms with Crippen molar-refractivity contribution >= 4 is 33.2 Å². The first-order valence-corrected chi connectivity index (χ1v) is 7.31. The molecule has 3 rings (SSSR count). The smallest absolute Gasteiger partial charge is 0.0809 e. The van der Waals surface area contributed by atoms with E-state index in [2.05, 4.69) is 11.1 Å². The number of thiophene rings is 1. The number of benzene rings is 1. The van der Waals surface area contributed by atoms with E-state index in [1.807, 2.05) is 41.9 Å². The average molecular weight is 289 g/mol. The maximum Gasteiger partial charge on any atom is 0.0809 e. The molecule has 2 nitrogen and oxygen atoms in total. The predicted molar refractivity (Wildman–Crippen MR) is 81.7 cm³/mol. The first-order chi connectivity index (χ1) is 9.22. The Balaban J connectivity index is 1.84. The number of fused-ring (bicyclic) bond motifs is 1. The van der Waals surface area contributed by atoms with Crippen molar-refractivity contribution in [1.29, 1.82) is 0 Å². The largest absolute Gasteiger partial charge is 0.324 e. The number of pyridine rings is 1. The zero-order valence-corrected chi connectivity index (χ0v) is 11.8. The van der Waals surface area contributed by atoms with Crippen molar-refractivity contribution in [3.05, 3.63) is 64.1 Å². The van der Waals surface area contributed by atoms with Gasteiger partial charge in [-0.15, -0.1) is 11.3 Å². The quantitative estimate of drug-likeness (QED) is 0.785. The number of nitrogens with zero attached hydrogens (tertiary/aromatic N) is 1. The van der Waals surface area contributed by atoms with Gasteiger partial charge >= 0.3 is 0 Å². The molecule has 0 saturated carbocycles. The van der Waals surface area contributed by atoms with Crippen LogP contribution in [0, 0.1) is 0 Å². The van der Waals surface area contributed by atoms with Crippen LogP contribution in [0.3, 0.4) is 0 Å². The summed E-state index contributed by atoms with van der Waals surface area (Å²) in [5.41, 5.74) is 9.50. The van der Waals surface area contributed by atoms with E-state index in [0.717, 1.165) is 28.1 Å². The van der Waals surface area contributed by atoms with Gasteiger partial charge in [0, 0.05) is 17.3 Å². The molecule has 0 bridgehead atoms. The standard InChI is InChI=1S/C15H13ClN2S/c16-12-3-1-2-10(6-12)7-13(17)11-8-15-14(18-9-11)4-5-19-15/h1-6,8-9,13H,7,17H2. The van der Waals surface area contributed by atoms with Gasteiger partial charge in [0.15, 0.2) is 0 Å². The number of hydrogen-bond acceptors (Lipinski definition) is 3. The highest BCUT2D eigenvalue weighted by molar-refractivity contribution is 7.17.